The minimum absolute atomic E-state index is 0.266. The lowest BCUT2D eigenvalue weighted by Gasteiger charge is -2.18. The molecule has 3 aromatic carbocycles. The van der Waals surface area contributed by atoms with Crippen LogP contribution in [-0.4, -0.2) is 44.7 Å². The van der Waals surface area contributed by atoms with Gasteiger partial charge in [0.1, 0.15) is 12.4 Å². The Kier molecular flexibility index (Phi) is 8.64. The van der Waals surface area contributed by atoms with Gasteiger partial charge in [0.05, 0.1) is 6.61 Å². The summed E-state index contributed by atoms with van der Waals surface area (Å²) in [6, 6.07) is 28.9. The van der Waals surface area contributed by atoms with E-state index in [4.69, 9.17) is 9.47 Å². The molecular formula is C28H31NO3. The summed E-state index contributed by atoms with van der Waals surface area (Å²) in [6.07, 6.45) is 0.620. The average Bonchev–Trinajstić information content (AvgIpc) is 2.80. The number of esters is 1. The van der Waals surface area contributed by atoms with Crippen LogP contribution in [0.3, 0.4) is 0 Å². The van der Waals surface area contributed by atoms with Gasteiger partial charge in [-0.1, -0.05) is 72.8 Å². The maximum atomic E-state index is 11.4. The third-order valence-electron chi connectivity index (χ3n) is 5.09. The Morgan fingerprint density at radius 1 is 0.750 bits per heavy atom. The average molecular weight is 430 g/mol. The molecular weight excluding hydrogens is 398 g/mol. The van der Waals surface area contributed by atoms with E-state index in [2.05, 4.69) is 41.3 Å². The molecule has 32 heavy (non-hydrogen) atoms. The van der Waals surface area contributed by atoms with E-state index in [1.807, 2.05) is 62.6 Å². The fourth-order valence-corrected chi connectivity index (χ4v) is 3.53. The summed E-state index contributed by atoms with van der Waals surface area (Å²) in [6.45, 7) is 3.29. The van der Waals surface area contributed by atoms with Gasteiger partial charge < -0.3 is 14.4 Å². The standard InChI is InChI=1S/C28H31NO3/c1-22(30)31-20-18-27(23-10-6-4-7-11-23)28(24-12-8-5-9-13-24)25-14-16-26(17-15-25)32-21-19-29(2)3/h4-17H,18-21H2,1-3H3/b28-27+. The largest absolute Gasteiger partial charge is 0.492 e. The summed E-state index contributed by atoms with van der Waals surface area (Å²) in [5.41, 5.74) is 5.60. The molecule has 0 heterocycles. The maximum Gasteiger partial charge on any atom is 0.302 e. The molecule has 0 aliphatic carbocycles. The first-order chi connectivity index (χ1) is 15.5. The van der Waals surface area contributed by atoms with Crippen LogP contribution in [0.2, 0.25) is 0 Å². The molecule has 166 valence electrons. The Balaban J connectivity index is 2.02. The van der Waals surface area contributed by atoms with Gasteiger partial charge in [-0.2, -0.15) is 0 Å². The second-order valence-electron chi connectivity index (χ2n) is 7.85. The molecule has 4 heteroatoms. The Bertz CT molecular complexity index is 1010. The van der Waals surface area contributed by atoms with E-state index in [1.165, 1.54) is 6.92 Å². The van der Waals surface area contributed by atoms with Gasteiger partial charge in [0.15, 0.2) is 0 Å². The molecule has 0 aliphatic heterocycles. The lowest BCUT2D eigenvalue weighted by molar-refractivity contribution is -0.140. The Hall–Kier alpha value is -3.37. The number of nitrogens with zero attached hydrogens (tertiary/aromatic N) is 1. The summed E-state index contributed by atoms with van der Waals surface area (Å²) in [7, 11) is 4.06. The normalized spacial score (nSPS) is 11.8. The molecule has 0 spiro atoms. The van der Waals surface area contributed by atoms with Gasteiger partial charge in [0.25, 0.3) is 0 Å². The molecule has 0 amide bonds. The first-order valence-electron chi connectivity index (χ1n) is 10.9. The number of rotatable bonds is 10. The van der Waals surface area contributed by atoms with Gasteiger partial charge >= 0.3 is 5.97 Å². The fourth-order valence-electron chi connectivity index (χ4n) is 3.53. The van der Waals surface area contributed by atoms with Crippen molar-refractivity contribution in [3.05, 3.63) is 102 Å². The third kappa shape index (κ3) is 6.82. The Labute approximate surface area is 191 Å². The number of benzene rings is 3. The lowest BCUT2D eigenvalue weighted by atomic mass is 9.88. The van der Waals surface area contributed by atoms with E-state index in [1.54, 1.807) is 0 Å². The molecule has 4 nitrogen and oxygen atoms in total. The monoisotopic (exact) mass is 429 g/mol. The van der Waals surface area contributed by atoms with Gasteiger partial charge in [0, 0.05) is 19.9 Å². The molecule has 3 aromatic rings. The zero-order valence-corrected chi connectivity index (χ0v) is 19.1. The van der Waals surface area contributed by atoms with Crippen molar-refractivity contribution in [1.29, 1.82) is 0 Å². The van der Waals surface area contributed by atoms with Crippen LogP contribution < -0.4 is 4.74 Å². The summed E-state index contributed by atoms with van der Waals surface area (Å²) in [5, 5.41) is 0. The molecule has 0 unspecified atom stereocenters. The highest BCUT2D eigenvalue weighted by Crippen LogP contribution is 2.35. The SMILES string of the molecule is CC(=O)OCC/C(=C(/c1ccccc1)c1ccc(OCCN(C)C)cc1)c1ccccc1. The van der Waals surface area contributed by atoms with Gasteiger partial charge in [-0.3, -0.25) is 4.79 Å². The molecule has 0 fully saturated rings. The molecule has 0 saturated heterocycles. The third-order valence-corrected chi connectivity index (χ3v) is 5.09. The van der Waals surface area contributed by atoms with Gasteiger partial charge in [0.2, 0.25) is 0 Å². The minimum atomic E-state index is -0.266. The molecule has 0 N–H and O–H groups in total. The number of hydrogen-bond donors (Lipinski definition) is 0. The van der Waals surface area contributed by atoms with Crippen molar-refractivity contribution >= 4 is 17.1 Å². The van der Waals surface area contributed by atoms with Crippen molar-refractivity contribution in [1.82, 2.24) is 4.90 Å². The van der Waals surface area contributed by atoms with Crippen molar-refractivity contribution in [3.8, 4) is 5.75 Å². The summed E-state index contributed by atoms with van der Waals surface area (Å²) < 4.78 is 11.2. The predicted octanol–water partition coefficient (Wildman–Crippen LogP) is 5.54. The van der Waals surface area contributed by atoms with Crippen LogP contribution in [0.1, 0.15) is 30.0 Å². The second-order valence-corrected chi connectivity index (χ2v) is 7.85. The van der Waals surface area contributed by atoms with Crippen LogP contribution in [0.5, 0.6) is 5.75 Å². The maximum absolute atomic E-state index is 11.4. The van der Waals surface area contributed by atoms with Crippen LogP contribution >= 0.6 is 0 Å². The molecule has 0 saturated carbocycles. The molecule has 0 bridgehead atoms. The van der Waals surface area contributed by atoms with Crippen molar-refractivity contribution in [2.75, 3.05) is 33.9 Å². The fraction of sp³-hybridized carbons (Fsp3) is 0.250. The van der Waals surface area contributed by atoms with E-state index in [0.717, 1.165) is 40.1 Å². The lowest BCUT2D eigenvalue weighted by Crippen LogP contribution is -2.19. The van der Waals surface area contributed by atoms with Crippen molar-refractivity contribution in [3.63, 3.8) is 0 Å². The summed E-state index contributed by atoms with van der Waals surface area (Å²) in [4.78, 5) is 13.5. The van der Waals surface area contributed by atoms with Gasteiger partial charge in [-0.25, -0.2) is 0 Å². The van der Waals surface area contributed by atoms with E-state index in [0.29, 0.717) is 19.6 Å². The van der Waals surface area contributed by atoms with E-state index in [-0.39, 0.29) is 5.97 Å². The highest BCUT2D eigenvalue weighted by atomic mass is 16.5. The second kappa shape index (κ2) is 11.9. The van der Waals surface area contributed by atoms with Crippen LogP contribution in [0.4, 0.5) is 0 Å². The van der Waals surface area contributed by atoms with E-state index in [9.17, 15) is 4.79 Å². The Morgan fingerprint density at radius 2 is 1.31 bits per heavy atom. The van der Waals surface area contributed by atoms with Crippen LogP contribution in [-0.2, 0) is 9.53 Å². The first kappa shape index (κ1) is 23.3. The quantitative estimate of drug-likeness (QED) is 0.313. The molecule has 0 atom stereocenters. The zero-order chi connectivity index (χ0) is 22.8. The van der Waals surface area contributed by atoms with Crippen molar-refractivity contribution < 1.29 is 14.3 Å². The van der Waals surface area contributed by atoms with Crippen molar-refractivity contribution in [2.24, 2.45) is 0 Å². The van der Waals surface area contributed by atoms with Gasteiger partial charge in [-0.15, -0.1) is 0 Å². The van der Waals surface area contributed by atoms with Crippen LogP contribution in [0.15, 0.2) is 84.9 Å². The first-order valence-corrected chi connectivity index (χ1v) is 10.9. The number of likely N-dealkylation sites (N-methyl/N-ethyl adjacent to an activating group) is 1. The highest BCUT2D eigenvalue weighted by molar-refractivity contribution is 5.98. The predicted molar refractivity (Wildman–Crippen MR) is 131 cm³/mol. The molecule has 3 rings (SSSR count). The number of ether oxygens (including phenoxy) is 2. The molecule has 0 aromatic heterocycles. The van der Waals surface area contributed by atoms with Crippen molar-refractivity contribution in [2.45, 2.75) is 13.3 Å². The van der Waals surface area contributed by atoms with Gasteiger partial charge in [-0.05, 0) is 54.1 Å². The summed E-state index contributed by atoms with van der Waals surface area (Å²) >= 11 is 0. The highest BCUT2D eigenvalue weighted by Gasteiger charge is 2.15. The minimum Gasteiger partial charge on any atom is -0.492 e. The van der Waals surface area contributed by atoms with Crippen LogP contribution in [0, 0.1) is 0 Å². The topological polar surface area (TPSA) is 38.8 Å². The number of carbonyl (C=O) groups excluding carboxylic acids is 1. The molecule has 0 aliphatic rings. The van der Waals surface area contributed by atoms with E-state index < -0.39 is 0 Å². The smallest absolute Gasteiger partial charge is 0.302 e. The van der Waals surface area contributed by atoms with E-state index >= 15 is 0 Å². The molecule has 0 radical (unpaired) electrons. The van der Waals surface area contributed by atoms with Crippen LogP contribution in [0.25, 0.3) is 11.1 Å². The number of hydrogen-bond acceptors (Lipinski definition) is 4. The Morgan fingerprint density at radius 3 is 1.88 bits per heavy atom. The zero-order valence-electron chi connectivity index (χ0n) is 19.1. The summed E-state index contributed by atoms with van der Waals surface area (Å²) in [5.74, 6) is 0.585. The number of carbonyl (C=O) groups is 1.